The van der Waals surface area contributed by atoms with Crippen LogP contribution in [0.4, 0.5) is 0 Å². The zero-order chi connectivity index (χ0) is 41.6. The number of ether oxygens (including phenoxy) is 4. The van der Waals surface area contributed by atoms with Crippen molar-refractivity contribution >= 4 is 11.9 Å². The number of allylic oxidation sites excluding steroid dienone is 16. The van der Waals surface area contributed by atoms with Crippen molar-refractivity contribution < 1.29 is 49.0 Å². The van der Waals surface area contributed by atoms with Gasteiger partial charge in [0, 0.05) is 12.8 Å². The molecule has 3 unspecified atom stereocenters. The molecule has 57 heavy (non-hydrogen) atoms. The van der Waals surface area contributed by atoms with Crippen LogP contribution in [0.5, 0.6) is 0 Å². The Labute approximate surface area is 343 Å². The summed E-state index contributed by atoms with van der Waals surface area (Å²) in [7, 11) is 0. The van der Waals surface area contributed by atoms with Gasteiger partial charge in [0.2, 0.25) is 0 Å². The van der Waals surface area contributed by atoms with E-state index in [1.807, 2.05) is 54.7 Å². The lowest BCUT2D eigenvalue weighted by atomic mass is 9.99. The Morgan fingerprint density at radius 2 is 1.09 bits per heavy atom. The summed E-state index contributed by atoms with van der Waals surface area (Å²) >= 11 is 0. The Morgan fingerprint density at radius 3 is 1.72 bits per heavy atom. The maximum absolute atomic E-state index is 12.7. The van der Waals surface area contributed by atoms with Crippen LogP contribution in [-0.4, -0.2) is 89.0 Å². The van der Waals surface area contributed by atoms with Gasteiger partial charge in [0.05, 0.1) is 13.2 Å². The molecule has 10 heteroatoms. The largest absolute Gasteiger partial charge is 0.462 e. The number of aliphatic hydroxyl groups excluding tert-OH is 4. The van der Waals surface area contributed by atoms with Crippen molar-refractivity contribution in [1.82, 2.24) is 0 Å². The Bertz CT molecular complexity index is 1240. The van der Waals surface area contributed by atoms with Crippen molar-refractivity contribution in [2.75, 3.05) is 19.8 Å². The van der Waals surface area contributed by atoms with Gasteiger partial charge in [0.15, 0.2) is 12.4 Å². The highest BCUT2D eigenvalue weighted by atomic mass is 16.7. The summed E-state index contributed by atoms with van der Waals surface area (Å²) in [5, 5.41) is 40.0. The maximum atomic E-state index is 12.7. The number of unbranched alkanes of at least 4 members (excludes halogenated alkanes) is 10. The van der Waals surface area contributed by atoms with E-state index >= 15 is 0 Å². The fourth-order valence-corrected chi connectivity index (χ4v) is 5.76. The Hall–Kier alpha value is -3.38. The third kappa shape index (κ3) is 28.6. The summed E-state index contributed by atoms with van der Waals surface area (Å²) in [5.41, 5.74) is 0. The van der Waals surface area contributed by atoms with Gasteiger partial charge in [-0.3, -0.25) is 9.59 Å². The minimum Gasteiger partial charge on any atom is -0.462 e. The van der Waals surface area contributed by atoms with Crippen molar-refractivity contribution in [2.45, 2.75) is 166 Å². The molecule has 0 saturated carbocycles. The van der Waals surface area contributed by atoms with Gasteiger partial charge >= 0.3 is 11.9 Å². The number of aliphatic hydroxyl groups is 4. The van der Waals surface area contributed by atoms with Gasteiger partial charge in [0.1, 0.15) is 31.0 Å². The molecule has 1 heterocycles. The zero-order valence-electron chi connectivity index (χ0n) is 34.8. The van der Waals surface area contributed by atoms with Crippen molar-refractivity contribution in [3.63, 3.8) is 0 Å². The molecule has 10 nitrogen and oxygen atoms in total. The highest BCUT2D eigenvalue weighted by Crippen LogP contribution is 2.22. The van der Waals surface area contributed by atoms with Crippen LogP contribution in [0.1, 0.15) is 129 Å². The van der Waals surface area contributed by atoms with E-state index in [4.69, 9.17) is 18.9 Å². The number of hydrogen-bond donors (Lipinski definition) is 4. The van der Waals surface area contributed by atoms with E-state index in [1.54, 1.807) is 0 Å². The van der Waals surface area contributed by atoms with Crippen LogP contribution < -0.4 is 0 Å². The number of rotatable bonds is 33. The normalized spacial score (nSPS) is 21.3. The topological polar surface area (TPSA) is 152 Å². The highest BCUT2D eigenvalue weighted by molar-refractivity contribution is 5.70. The second kappa shape index (κ2) is 36.9. The molecule has 1 aliphatic heterocycles. The van der Waals surface area contributed by atoms with E-state index in [2.05, 4.69) is 56.4 Å². The molecule has 4 N–H and O–H groups in total. The van der Waals surface area contributed by atoms with Gasteiger partial charge in [-0.15, -0.1) is 0 Å². The molecule has 0 radical (unpaired) electrons. The first-order valence-corrected chi connectivity index (χ1v) is 21.4. The first kappa shape index (κ1) is 51.6. The molecule has 0 bridgehead atoms. The van der Waals surface area contributed by atoms with Crippen LogP contribution in [0.3, 0.4) is 0 Å². The standard InChI is InChI=1S/C47H74O10/c1-3-5-7-9-11-13-15-17-18-19-20-21-22-24-25-27-29-31-33-35-42(49)54-38-40(39-55-47-46(53)45(52)44(51)41(37-48)57-47)56-43(50)36-34-32-30-28-26-23-16-14-12-10-8-6-4-2/h5-8,10-14,16-18,23,26,28,30,40-41,44-48,51-53H,3-4,9,15,19-22,24-25,27,29,31-39H2,1-2H3/b7-5+,8-6+,12-10+,13-11+,16-14+,18-17+,26-23+,30-28+/t40?,41-,44+,45?,46?,47-/m0/s1. The first-order valence-electron chi connectivity index (χ1n) is 21.4. The molecule has 1 rings (SSSR count). The van der Waals surface area contributed by atoms with Crippen LogP contribution in [-0.2, 0) is 28.5 Å². The number of carbonyl (C=O) groups is 2. The first-order chi connectivity index (χ1) is 27.8. The summed E-state index contributed by atoms with van der Waals surface area (Å²) < 4.78 is 22.0. The Morgan fingerprint density at radius 1 is 0.561 bits per heavy atom. The second-order valence-corrected chi connectivity index (χ2v) is 14.2. The van der Waals surface area contributed by atoms with Crippen molar-refractivity contribution in [3.05, 3.63) is 97.2 Å². The van der Waals surface area contributed by atoms with Gasteiger partial charge in [-0.2, -0.15) is 0 Å². The van der Waals surface area contributed by atoms with Crippen LogP contribution in [0, 0.1) is 0 Å². The van der Waals surface area contributed by atoms with Crippen LogP contribution in [0.25, 0.3) is 0 Å². The quantitative estimate of drug-likeness (QED) is 0.0220. The summed E-state index contributed by atoms with van der Waals surface area (Å²) in [6.07, 6.45) is 41.4. The SMILES string of the molecule is CC/C=C/C=C/C=C/C=C/C=C/CCCC(=O)OC(COC(=O)CCCCCCCCCCC/C=C/C/C=C/C/C=C/CC)CO[C@H]1O[C@@H](CO)[C@@H](O)C(O)C1O. The van der Waals surface area contributed by atoms with Crippen LogP contribution in [0.2, 0.25) is 0 Å². The molecular weight excluding hydrogens is 725 g/mol. The predicted octanol–water partition coefficient (Wildman–Crippen LogP) is 8.77. The monoisotopic (exact) mass is 799 g/mol. The number of hydrogen-bond acceptors (Lipinski definition) is 10. The van der Waals surface area contributed by atoms with E-state index in [1.165, 1.54) is 32.1 Å². The van der Waals surface area contributed by atoms with Crippen LogP contribution in [0.15, 0.2) is 97.2 Å². The van der Waals surface area contributed by atoms with Gasteiger partial charge in [-0.05, 0) is 57.8 Å². The molecule has 322 valence electrons. The third-order valence-corrected chi connectivity index (χ3v) is 9.09. The number of carbonyl (C=O) groups excluding carboxylic acids is 2. The fraction of sp³-hybridized carbons (Fsp3) is 0.617. The van der Waals surface area contributed by atoms with Gasteiger partial charge < -0.3 is 39.4 Å². The van der Waals surface area contributed by atoms with Crippen molar-refractivity contribution in [2.24, 2.45) is 0 Å². The Balaban J connectivity index is 2.38. The van der Waals surface area contributed by atoms with E-state index in [0.717, 1.165) is 51.4 Å². The van der Waals surface area contributed by atoms with E-state index in [9.17, 15) is 30.0 Å². The molecule has 0 aromatic rings. The summed E-state index contributed by atoms with van der Waals surface area (Å²) in [4.78, 5) is 25.3. The molecule has 0 aromatic heterocycles. The number of esters is 2. The summed E-state index contributed by atoms with van der Waals surface area (Å²) in [5.74, 6) is -0.911. The van der Waals surface area contributed by atoms with Gasteiger partial charge in [-0.1, -0.05) is 156 Å². The lowest BCUT2D eigenvalue weighted by Crippen LogP contribution is -2.59. The van der Waals surface area contributed by atoms with Crippen LogP contribution >= 0.6 is 0 Å². The lowest BCUT2D eigenvalue weighted by molar-refractivity contribution is -0.305. The minimum atomic E-state index is -1.61. The lowest BCUT2D eigenvalue weighted by Gasteiger charge is -2.39. The highest BCUT2D eigenvalue weighted by Gasteiger charge is 2.44. The van der Waals surface area contributed by atoms with Crippen molar-refractivity contribution in [1.29, 1.82) is 0 Å². The molecule has 0 amide bonds. The van der Waals surface area contributed by atoms with Crippen molar-refractivity contribution in [3.8, 4) is 0 Å². The average Bonchev–Trinajstić information content (AvgIpc) is 3.21. The molecular formula is C47H74O10. The average molecular weight is 799 g/mol. The third-order valence-electron chi connectivity index (χ3n) is 9.09. The fourth-order valence-electron chi connectivity index (χ4n) is 5.76. The van der Waals surface area contributed by atoms with Gasteiger partial charge in [-0.25, -0.2) is 0 Å². The van der Waals surface area contributed by atoms with E-state index in [-0.39, 0.29) is 26.1 Å². The molecule has 0 aliphatic carbocycles. The molecule has 0 spiro atoms. The molecule has 1 aliphatic rings. The molecule has 1 saturated heterocycles. The smallest absolute Gasteiger partial charge is 0.306 e. The molecule has 6 atom stereocenters. The minimum absolute atomic E-state index is 0.127. The second-order valence-electron chi connectivity index (χ2n) is 14.2. The van der Waals surface area contributed by atoms with E-state index in [0.29, 0.717) is 19.3 Å². The zero-order valence-corrected chi connectivity index (χ0v) is 34.8. The summed E-state index contributed by atoms with van der Waals surface area (Å²) in [6.45, 7) is 3.06. The van der Waals surface area contributed by atoms with Gasteiger partial charge in [0.25, 0.3) is 0 Å². The predicted molar refractivity (Wildman–Crippen MR) is 228 cm³/mol. The summed E-state index contributed by atoms with van der Waals surface area (Å²) in [6, 6.07) is 0. The maximum Gasteiger partial charge on any atom is 0.306 e. The molecule has 1 fully saturated rings. The van der Waals surface area contributed by atoms with E-state index < -0.39 is 55.4 Å². The Kier molecular flexibility index (Phi) is 33.5. The molecule has 0 aromatic carbocycles.